The van der Waals surface area contributed by atoms with Crippen molar-refractivity contribution in [1.29, 1.82) is 0 Å². The fraction of sp³-hybridized carbons (Fsp3) is 0.333. The van der Waals surface area contributed by atoms with Gasteiger partial charge in [-0.05, 0) is 46.3 Å². The molecule has 1 saturated carbocycles. The summed E-state index contributed by atoms with van der Waals surface area (Å²) in [7, 11) is 1.45. The van der Waals surface area contributed by atoms with Crippen molar-refractivity contribution in [1.82, 2.24) is 15.0 Å². The standard InChI is InChI=1S/C21H17BrF5N3O2/c1-31-16-6-11(17-18(22)30-19(29-17)12-7-20(23,24)8-12)2-5-15(16)32-10-14-4-3-13(9-28-14)21(25,26)27/h2-6,9,12H,7-8,10H2,1H3,(H,29,30). The minimum Gasteiger partial charge on any atom is -0.493 e. The highest BCUT2D eigenvalue weighted by Gasteiger charge is 2.47. The third kappa shape index (κ3) is 4.72. The molecule has 2 heterocycles. The van der Waals surface area contributed by atoms with E-state index < -0.39 is 17.7 Å². The van der Waals surface area contributed by atoms with Gasteiger partial charge < -0.3 is 14.5 Å². The minimum atomic E-state index is -4.45. The Morgan fingerprint density at radius 1 is 1.16 bits per heavy atom. The number of aromatic amines is 1. The number of methoxy groups -OCH3 is 1. The Morgan fingerprint density at radius 2 is 1.91 bits per heavy atom. The molecule has 11 heteroatoms. The first-order valence-corrected chi connectivity index (χ1v) is 10.3. The lowest BCUT2D eigenvalue weighted by Crippen LogP contribution is -2.34. The lowest BCUT2D eigenvalue weighted by molar-refractivity contribution is -0.137. The Kier molecular flexibility index (Phi) is 5.87. The van der Waals surface area contributed by atoms with Crippen LogP contribution in [0.3, 0.4) is 0 Å². The molecule has 0 bridgehead atoms. The minimum absolute atomic E-state index is 0.0556. The Morgan fingerprint density at radius 3 is 2.50 bits per heavy atom. The van der Waals surface area contributed by atoms with Crippen molar-refractivity contribution in [3.63, 3.8) is 0 Å². The average molecular weight is 518 g/mol. The van der Waals surface area contributed by atoms with Crippen LogP contribution in [0.5, 0.6) is 11.5 Å². The van der Waals surface area contributed by atoms with E-state index in [0.29, 0.717) is 38.9 Å². The van der Waals surface area contributed by atoms with Gasteiger partial charge in [0.05, 0.1) is 18.4 Å². The molecule has 0 aliphatic heterocycles. The van der Waals surface area contributed by atoms with Crippen LogP contribution < -0.4 is 9.47 Å². The quantitative estimate of drug-likeness (QED) is 0.387. The van der Waals surface area contributed by atoms with Crippen molar-refractivity contribution in [2.45, 2.75) is 37.5 Å². The number of H-pyrrole nitrogens is 1. The van der Waals surface area contributed by atoms with Gasteiger partial charge >= 0.3 is 6.18 Å². The molecule has 1 aliphatic carbocycles. The van der Waals surface area contributed by atoms with E-state index in [9.17, 15) is 22.0 Å². The summed E-state index contributed by atoms with van der Waals surface area (Å²) in [5.41, 5.74) is 0.700. The second kappa shape index (κ2) is 8.34. The van der Waals surface area contributed by atoms with Crippen LogP contribution in [-0.4, -0.2) is 28.0 Å². The zero-order valence-corrected chi connectivity index (χ0v) is 18.2. The molecule has 0 atom stereocenters. The van der Waals surface area contributed by atoms with Crippen molar-refractivity contribution >= 4 is 15.9 Å². The van der Waals surface area contributed by atoms with Crippen LogP contribution in [0.1, 0.15) is 35.8 Å². The third-order valence-corrected chi connectivity index (χ3v) is 5.69. The van der Waals surface area contributed by atoms with Crippen LogP contribution in [0.2, 0.25) is 0 Å². The summed E-state index contributed by atoms with van der Waals surface area (Å²) in [4.78, 5) is 11.2. The molecule has 0 saturated heterocycles. The predicted molar refractivity (Wildman–Crippen MR) is 109 cm³/mol. The number of benzene rings is 1. The number of pyridine rings is 1. The van der Waals surface area contributed by atoms with Crippen LogP contribution in [0.15, 0.2) is 41.1 Å². The molecule has 0 amide bonds. The normalized spacial score (nSPS) is 16.0. The molecule has 3 aromatic rings. The fourth-order valence-electron chi connectivity index (χ4n) is 3.37. The van der Waals surface area contributed by atoms with E-state index in [2.05, 4.69) is 30.9 Å². The maximum Gasteiger partial charge on any atom is 0.417 e. The van der Waals surface area contributed by atoms with Crippen molar-refractivity contribution in [2.75, 3.05) is 7.11 Å². The van der Waals surface area contributed by atoms with Crippen LogP contribution in [0, 0.1) is 0 Å². The monoisotopic (exact) mass is 517 g/mol. The first-order chi connectivity index (χ1) is 15.1. The number of hydrogen-bond donors (Lipinski definition) is 1. The summed E-state index contributed by atoms with van der Waals surface area (Å²) >= 11 is 3.38. The van der Waals surface area contributed by atoms with E-state index in [4.69, 9.17) is 9.47 Å². The summed E-state index contributed by atoms with van der Waals surface area (Å²) in [6.07, 6.45) is -4.17. The largest absolute Gasteiger partial charge is 0.493 e. The maximum absolute atomic E-state index is 13.2. The van der Waals surface area contributed by atoms with Crippen molar-refractivity contribution < 1.29 is 31.4 Å². The Bertz CT molecular complexity index is 1110. The lowest BCUT2D eigenvalue weighted by atomic mass is 9.81. The number of hydrogen-bond acceptors (Lipinski definition) is 4. The predicted octanol–water partition coefficient (Wildman–Crippen LogP) is 6.35. The van der Waals surface area contributed by atoms with Gasteiger partial charge in [0.25, 0.3) is 0 Å². The number of nitrogens with one attached hydrogen (secondary N) is 1. The van der Waals surface area contributed by atoms with Crippen LogP contribution in [-0.2, 0) is 12.8 Å². The van der Waals surface area contributed by atoms with Crippen LogP contribution in [0.4, 0.5) is 22.0 Å². The first kappa shape index (κ1) is 22.5. The summed E-state index contributed by atoms with van der Waals surface area (Å²) in [5.74, 6) is -1.74. The molecule has 0 spiro atoms. The molecular weight excluding hydrogens is 501 g/mol. The molecule has 1 fully saturated rings. The number of halogens is 6. The number of rotatable bonds is 6. The zero-order valence-electron chi connectivity index (χ0n) is 16.6. The number of nitrogens with zero attached hydrogens (tertiary/aromatic N) is 2. The second-order valence-electron chi connectivity index (χ2n) is 7.44. The molecule has 1 N–H and O–H groups in total. The Hall–Kier alpha value is -2.69. The molecule has 0 unspecified atom stereocenters. The van der Waals surface area contributed by atoms with E-state index in [1.54, 1.807) is 18.2 Å². The molecule has 170 valence electrons. The summed E-state index contributed by atoms with van der Waals surface area (Å²) in [6.45, 7) is -0.0556. The van der Waals surface area contributed by atoms with E-state index in [1.807, 2.05) is 0 Å². The molecular formula is C21H17BrF5N3O2. The van der Waals surface area contributed by atoms with Crippen molar-refractivity contribution in [3.05, 3.63) is 58.2 Å². The van der Waals surface area contributed by atoms with Gasteiger partial charge in [-0.15, -0.1) is 0 Å². The van der Waals surface area contributed by atoms with Gasteiger partial charge in [0.2, 0.25) is 5.92 Å². The first-order valence-electron chi connectivity index (χ1n) is 9.52. The number of ether oxygens (including phenoxy) is 2. The van der Waals surface area contributed by atoms with Crippen LogP contribution in [0.25, 0.3) is 11.3 Å². The molecule has 32 heavy (non-hydrogen) atoms. The Labute approximate surface area is 188 Å². The molecule has 4 rings (SSSR count). The zero-order chi connectivity index (χ0) is 23.1. The van der Waals surface area contributed by atoms with Gasteiger partial charge in [0.15, 0.2) is 11.5 Å². The maximum atomic E-state index is 13.2. The highest BCUT2D eigenvalue weighted by atomic mass is 79.9. The van der Waals surface area contributed by atoms with Crippen molar-refractivity contribution in [2.24, 2.45) is 0 Å². The molecule has 0 radical (unpaired) electrons. The number of alkyl halides is 5. The molecule has 2 aromatic heterocycles. The smallest absolute Gasteiger partial charge is 0.417 e. The van der Waals surface area contributed by atoms with Gasteiger partial charge in [-0.25, -0.2) is 13.8 Å². The number of imidazole rings is 1. The SMILES string of the molecule is COc1cc(-c2nc(C3CC(F)(F)C3)[nH]c2Br)ccc1OCc1ccc(C(F)(F)F)cn1. The van der Waals surface area contributed by atoms with E-state index in [-0.39, 0.29) is 25.4 Å². The molecule has 1 aromatic carbocycles. The highest BCUT2D eigenvalue weighted by molar-refractivity contribution is 9.10. The van der Waals surface area contributed by atoms with Gasteiger partial charge in [-0.3, -0.25) is 4.98 Å². The van der Waals surface area contributed by atoms with Gasteiger partial charge in [-0.2, -0.15) is 13.2 Å². The molecule has 5 nitrogen and oxygen atoms in total. The highest BCUT2D eigenvalue weighted by Crippen LogP contribution is 2.48. The van der Waals surface area contributed by atoms with E-state index in [0.717, 1.165) is 12.3 Å². The Balaban J connectivity index is 1.48. The van der Waals surface area contributed by atoms with E-state index in [1.165, 1.54) is 13.2 Å². The summed E-state index contributed by atoms with van der Waals surface area (Å²) < 4.78 is 75.9. The van der Waals surface area contributed by atoms with Crippen LogP contribution >= 0.6 is 15.9 Å². The fourth-order valence-corrected chi connectivity index (χ4v) is 3.89. The average Bonchev–Trinajstić information content (AvgIpc) is 3.11. The summed E-state index contributed by atoms with van der Waals surface area (Å²) in [6, 6.07) is 7.22. The van der Waals surface area contributed by atoms with Gasteiger partial charge in [0, 0.05) is 30.5 Å². The summed E-state index contributed by atoms with van der Waals surface area (Å²) in [5, 5.41) is 0. The third-order valence-electron chi connectivity index (χ3n) is 5.12. The van der Waals surface area contributed by atoms with Crippen molar-refractivity contribution in [3.8, 4) is 22.8 Å². The van der Waals surface area contributed by atoms with Gasteiger partial charge in [-0.1, -0.05) is 0 Å². The molecule has 1 aliphatic rings. The lowest BCUT2D eigenvalue weighted by Gasteiger charge is -2.33. The van der Waals surface area contributed by atoms with Gasteiger partial charge in [0.1, 0.15) is 22.7 Å². The topological polar surface area (TPSA) is 60.0 Å². The number of aromatic nitrogens is 3. The van der Waals surface area contributed by atoms with E-state index >= 15 is 0 Å². The second-order valence-corrected chi connectivity index (χ2v) is 8.23.